The van der Waals surface area contributed by atoms with Crippen molar-refractivity contribution in [3.8, 4) is 17.6 Å². The number of para-hydroxylation sites is 1. The topological polar surface area (TPSA) is 59.3 Å². The fourth-order valence-electron chi connectivity index (χ4n) is 2.12. The molecule has 2 aromatic carbocycles. The third kappa shape index (κ3) is 3.98. The van der Waals surface area contributed by atoms with Gasteiger partial charge in [-0.3, -0.25) is 4.79 Å². The molecular formula is C19H17NO3. The van der Waals surface area contributed by atoms with Crippen molar-refractivity contribution in [2.24, 2.45) is 0 Å². The maximum Gasteiger partial charge on any atom is 0.207 e. The highest BCUT2D eigenvalue weighted by Crippen LogP contribution is 2.22. The zero-order chi connectivity index (χ0) is 16.7. The van der Waals surface area contributed by atoms with Crippen LogP contribution in [-0.4, -0.2) is 19.5 Å². The van der Waals surface area contributed by atoms with Crippen molar-refractivity contribution in [1.29, 1.82) is 5.26 Å². The molecule has 0 saturated carbocycles. The van der Waals surface area contributed by atoms with Gasteiger partial charge >= 0.3 is 0 Å². The fraction of sp³-hybridized carbons (Fsp3) is 0.158. The summed E-state index contributed by atoms with van der Waals surface area (Å²) in [7, 11) is 1.49. The van der Waals surface area contributed by atoms with Gasteiger partial charge in [-0.2, -0.15) is 5.26 Å². The molecule has 0 heterocycles. The second-order valence-corrected chi connectivity index (χ2v) is 4.70. The quantitative estimate of drug-likeness (QED) is 0.461. The Hall–Kier alpha value is -3.06. The van der Waals surface area contributed by atoms with Crippen molar-refractivity contribution in [3.05, 3.63) is 65.2 Å². The number of ketones is 1. The number of benzene rings is 2. The first-order valence-corrected chi connectivity index (χ1v) is 7.22. The van der Waals surface area contributed by atoms with Crippen LogP contribution in [0, 0.1) is 11.3 Å². The number of ether oxygens (including phenoxy) is 2. The van der Waals surface area contributed by atoms with Gasteiger partial charge in [0.1, 0.15) is 23.1 Å². The summed E-state index contributed by atoms with van der Waals surface area (Å²) in [5.41, 5.74) is 1.18. The van der Waals surface area contributed by atoms with Crippen molar-refractivity contribution >= 4 is 11.9 Å². The molecule has 2 rings (SSSR count). The molecule has 0 aliphatic carbocycles. The van der Waals surface area contributed by atoms with Crippen LogP contribution in [0.25, 0.3) is 6.08 Å². The normalized spacial score (nSPS) is 10.7. The molecule has 4 heteroatoms. The summed E-state index contributed by atoms with van der Waals surface area (Å²) in [5.74, 6) is 0.836. The lowest BCUT2D eigenvalue weighted by Crippen LogP contribution is -2.04. The zero-order valence-corrected chi connectivity index (χ0v) is 13.1. The van der Waals surface area contributed by atoms with Crippen molar-refractivity contribution in [1.82, 2.24) is 0 Å². The maximum atomic E-state index is 12.5. The third-order valence-corrected chi connectivity index (χ3v) is 3.22. The number of carbonyl (C=O) groups excluding carboxylic acids is 1. The number of nitriles is 1. The van der Waals surface area contributed by atoms with E-state index in [4.69, 9.17) is 9.47 Å². The molecule has 4 nitrogen and oxygen atoms in total. The van der Waals surface area contributed by atoms with Crippen LogP contribution in [0.2, 0.25) is 0 Å². The van der Waals surface area contributed by atoms with Crippen molar-refractivity contribution < 1.29 is 14.3 Å². The highest BCUT2D eigenvalue weighted by molar-refractivity contribution is 6.15. The molecule has 0 radical (unpaired) electrons. The minimum Gasteiger partial charge on any atom is -0.496 e. The van der Waals surface area contributed by atoms with Gasteiger partial charge in [-0.25, -0.2) is 0 Å². The molecule has 0 atom stereocenters. The van der Waals surface area contributed by atoms with Crippen LogP contribution in [-0.2, 0) is 0 Å². The molecule has 0 aromatic heterocycles. The highest BCUT2D eigenvalue weighted by Gasteiger charge is 2.16. The van der Waals surface area contributed by atoms with Gasteiger partial charge in [0.05, 0.1) is 19.3 Å². The average molecular weight is 307 g/mol. The maximum absolute atomic E-state index is 12.5. The summed E-state index contributed by atoms with van der Waals surface area (Å²) in [6.45, 7) is 2.50. The lowest BCUT2D eigenvalue weighted by molar-refractivity contribution is 0.103. The Morgan fingerprint density at radius 3 is 2.48 bits per heavy atom. The van der Waals surface area contributed by atoms with Crippen LogP contribution in [0.1, 0.15) is 22.8 Å². The Balaban J connectivity index is 2.31. The predicted octanol–water partition coefficient (Wildman–Crippen LogP) is 3.88. The highest BCUT2D eigenvalue weighted by atomic mass is 16.5. The van der Waals surface area contributed by atoms with Crippen LogP contribution in [0.5, 0.6) is 11.5 Å². The zero-order valence-electron chi connectivity index (χ0n) is 13.1. The van der Waals surface area contributed by atoms with Crippen LogP contribution >= 0.6 is 0 Å². The summed E-state index contributed by atoms with van der Waals surface area (Å²) in [4.78, 5) is 12.5. The molecule has 0 aliphatic rings. The van der Waals surface area contributed by atoms with E-state index in [1.807, 2.05) is 13.0 Å². The molecule has 0 saturated heterocycles. The molecule has 0 spiro atoms. The van der Waals surface area contributed by atoms with Crippen molar-refractivity contribution in [2.45, 2.75) is 6.92 Å². The second-order valence-electron chi connectivity index (χ2n) is 4.70. The van der Waals surface area contributed by atoms with Crippen LogP contribution in [0.3, 0.4) is 0 Å². The molecule has 2 aromatic rings. The van der Waals surface area contributed by atoms with Crippen molar-refractivity contribution in [3.63, 3.8) is 0 Å². The van der Waals surface area contributed by atoms with E-state index in [1.54, 1.807) is 54.6 Å². The summed E-state index contributed by atoms with van der Waals surface area (Å²) in [6, 6.07) is 16.0. The minimum absolute atomic E-state index is 0.0543. The Bertz CT molecular complexity index is 755. The number of nitrogens with zero attached hydrogens (tertiary/aromatic N) is 1. The van der Waals surface area contributed by atoms with E-state index in [0.717, 1.165) is 11.3 Å². The summed E-state index contributed by atoms with van der Waals surface area (Å²) >= 11 is 0. The third-order valence-electron chi connectivity index (χ3n) is 3.22. The average Bonchev–Trinajstić information content (AvgIpc) is 2.60. The number of hydrogen-bond acceptors (Lipinski definition) is 4. The number of rotatable bonds is 6. The second kappa shape index (κ2) is 7.81. The molecule has 0 aliphatic heterocycles. The Labute approximate surface area is 135 Å². The number of hydrogen-bond donors (Lipinski definition) is 0. The van der Waals surface area contributed by atoms with Crippen LogP contribution in [0.15, 0.2) is 54.1 Å². The van der Waals surface area contributed by atoms with Gasteiger partial charge in [-0.1, -0.05) is 24.3 Å². The number of methoxy groups -OCH3 is 1. The minimum atomic E-state index is -0.362. The molecule has 0 fully saturated rings. The summed E-state index contributed by atoms with van der Waals surface area (Å²) in [5, 5.41) is 9.32. The first kappa shape index (κ1) is 16.3. The van der Waals surface area contributed by atoms with E-state index in [9.17, 15) is 10.1 Å². The van der Waals surface area contributed by atoms with Crippen LogP contribution < -0.4 is 9.47 Å². The summed E-state index contributed by atoms with van der Waals surface area (Å²) in [6.07, 6.45) is 1.56. The van der Waals surface area contributed by atoms with Gasteiger partial charge in [-0.15, -0.1) is 0 Å². The number of allylic oxidation sites excluding steroid dienone is 1. The smallest absolute Gasteiger partial charge is 0.207 e. The molecule has 0 bridgehead atoms. The Morgan fingerprint density at radius 1 is 1.17 bits per heavy atom. The van der Waals surface area contributed by atoms with E-state index < -0.39 is 0 Å². The lowest BCUT2D eigenvalue weighted by atomic mass is 10.0. The molecule has 116 valence electrons. The van der Waals surface area contributed by atoms with E-state index >= 15 is 0 Å². The van der Waals surface area contributed by atoms with Gasteiger partial charge in [0.25, 0.3) is 0 Å². The standard InChI is InChI=1S/C19H17NO3/c1-3-23-16-10-8-14(9-11-16)12-15(13-20)19(21)17-6-4-5-7-18(17)22-2/h4-12H,3H2,1-2H3/b15-12+. The van der Waals surface area contributed by atoms with Gasteiger partial charge in [0.2, 0.25) is 5.78 Å². The Kier molecular flexibility index (Phi) is 5.54. The largest absolute Gasteiger partial charge is 0.496 e. The molecular weight excluding hydrogens is 290 g/mol. The fourth-order valence-corrected chi connectivity index (χ4v) is 2.12. The number of Topliss-reactive ketones (excluding diaryl/α,β-unsaturated/α-hetero) is 1. The summed E-state index contributed by atoms with van der Waals surface area (Å²) < 4.78 is 10.6. The van der Waals surface area contributed by atoms with Gasteiger partial charge in [0.15, 0.2) is 0 Å². The van der Waals surface area contributed by atoms with E-state index in [0.29, 0.717) is 17.9 Å². The van der Waals surface area contributed by atoms with Crippen LogP contribution in [0.4, 0.5) is 0 Å². The van der Waals surface area contributed by atoms with E-state index in [2.05, 4.69) is 0 Å². The first-order chi connectivity index (χ1) is 11.2. The van der Waals surface area contributed by atoms with E-state index in [-0.39, 0.29) is 11.4 Å². The van der Waals surface area contributed by atoms with Gasteiger partial charge in [0, 0.05) is 0 Å². The molecule has 0 unspecified atom stereocenters. The Morgan fingerprint density at radius 2 is 1.87 bits per heavy atom. The molecule has 0 N–H and O–H groups in total. The van der Waals surface area contributed by atoms with Crippen molar-refractivity contribution in [2.75, 3.05) is 13.7 Å². The first-order valence-electron chi connectivity index (χ1n) is 7.22. The number of carbonyl (C=O) groups is 1. The van der Waals surface area contributed by atoms with E-state index in [1.165, 1.54) is 7.11 Å². The lowest BCUT2D eigenvalue weighted by Gasteiger charge is -2.06. The molecule has 23 heavy (non-hydrogen) atoms. The van der Waals surface area contributed by atoms with Gasteiger partial charge in [-0.05, 0) is 42.8 Å². The van der Waals surface area contributed by atoms with Gasteiger partial charge < -0.3 is 9.47 Å². The monoisotopic (exact) mass is 307 g/mol. The molecule has 0 amide bonds. The SMILES string of the molecule is CCOc1ccc(/C=C(\C#N)C(=O)c2ccccc2OC)cc1. The predicted molar refractivity (Wildman–Crippen MR) is 88.5 cm³/mol.